The SMILES string of the molecule is CC(C)/C=C/c1ccc[n+](O)c1. The van der Waals surface area contributed by atoms with E-state index >= 15 is 0 Å². The van der Waals surface area contributed by atoms with E-state index in [1.165, 1.54) is 0 Å². The van der Waals surface area contributed by atoms with Gasteiger partial charge in [0.05, 0.1) is 0 Å². The number of allylic oxidation sites excluding steroid dienone is 1. The molecule has 0 aliphatic rings. The summed E-state index contributed by atoms with van der Waals surface area (Å²) in [5.74, 6) is 0.539. The number of rotatable bonds is 2. The van der Waals surface area contributed by atoms with Gasteiger partial charge in [0.1, 0.15) is 0 Å². The van der Waals surface area contributed by atoms with Crippen molar-refractivity contribution in [3.63, 3.8) is 0 Å². The molecule has 0 unspecified atom stereocenters. The predicted molar refractivity (Wildman–Crippen MR) is 47.7 cm³/mol. The van der Waals surface area contributed by atoms with Crippen LogP contribution in [0.3, 0.4) is 0 Å². The number of aromatic nitrogens is 1. The molecule has 0 saturated heterocycles. The molecule has 2 heteroatoms. The number of hydrogen-bond acceptors (Lipinski definition) is 1. The first-order valence-corrected chi connectivity index (χ1v) is 4.07. The van der Waals surface area contributed by atoms with Crippen LogP contribution in [0, 0.1) is 5.92 Å². The highest BCUT2D eigenvalue weighted by atomic mass is 16.5. The molecular weight excluding hydrogens is 150 g/mol. The molecule has 0 spiro atoms. The second kappa shape index (κ2) is 3.90. The third-order valence-corrected chi connectivity index (χ3v) is 1.48. The Balaban J connectivity index is 2.76. The maximum absolute atomic E-state index is 9.06. The number of hydrogen-bond donors (Lipinski definition) is 1. The number of pyridine rings is 1. The van der Waals surface area contributed by atoms with Gasteiger partial charge in [-0.25, -0.2) is 0 Å². The minimum absolute atomic E-state index is 0.539. The van der Waals surface area contributed by atoms with Gasteiger partial charge < -0.3 is 0 Å². The summed E-state index contributed by atoms with van der Waals surface area (Å²) >= 11 is 0. The lowest BCUT2D eigenvalue weighted by molar-refractivity contribution is -0.904. The van der Waals surface area contributed by atoms with E-state index in [4.69, 9.17) is 5.21 Å². The van der Waals surface area contributed by atoms with Crippen LogP contribution in [0.1, 0.15) is 19.4 Å². The van der Waals surface area contributed by atoms with E-state index in [0.717, 1.165) is 10.3 Å². The largest absolute Gasteiger partial charge is 0.285 e. The molecule has 1 aromatic heterocycles. The summed E-state index contributed by atoms with van der Waals surface area (Å²) in [5.41, 5.74) is 1.01. The summed E-state index contributed by atoms with van der Waals surface area (Å²) in [6.07, 6.45) is 7.35. The molecular formula is C10H14NO+. The van der Waals surface area contributed by atoms with Crippen LogP contribution in [-0.2, 0) is 0 Å². The Bertz CT molecular complexity index is 279. The molecule has 2 nitrogen and oxygen atoms in total. The molecule has 0 amide bonds. The van der Waals surface area contributed by atoms with Crippen LogP contribution >= 0.6 is 0 Å². The summed E-state index contributed by atoms with van der Waals surface area (Å²) in [7, 11) is 0. The molecule has 1 rings (SSSR count). The smallest absolute Gasteiger partial charge is 0.229 e. The van der Waals surface area contributed by atoms with Gasteiger partial charge in [0.2, 0.25) is 12.4 Å². The van der Waals surface area contributed by atoms with Crippen LogP contribution in [0.2, 0.25) is 0 Å². The minimum Gasteiger partial charge on any atom is -0.285 e. The average molecular weight is 164 g/mol. The van der Waals surface area contributed by atoms with E-state index in [-0.39, 0.29) is 0 Å². The van der Waals surface area contributed by atoms with Crippen LogP contribution in [0.15, 0.2) is 30.6 Å². The van der Waals surface area contributed by atoms with Crippen molar-refractivity contribution in [2.45, 2.75) is 13.8 Å². The van der Waals surface area contributed by atoms with E-state index in [1.807, 2.05) is 12.1 Å². The normalized spacial score (nSPS) is 11.2. The lowest BCUT2D eigenvalue weighted by Gasteiger charge is -1.92. The maximum Gasteiger partial charge on any atom is 0.229 e. The summed E-state index contributed by atoms with van der Waals surface area (Å²) in [6.45, 7) is 4.24. The van der Waals surface area contributed by atoms with Gasteiger partial charge in [-0.3, -0.25) is 5.21 Å². The summed E-state index contributed by atoms with van der Waals surface area (Å²) in [5, 5.41) is 9.06. The van der Waals surface area contributed by atoms with Crippen molar-refractivity contribution >= 4 is 6.08 Å². The Morgan fingerprint density at radius 1 is 1.50 bits per heavy atom. The highest BCUT2D eigenvalue weighted by molar-refractivity contribution is 5.46. The van der Waals surface area contributed by atoms with Gasteiger partial charge in [0, 0.05) is 16.4 Å². The van der Waals surface area contributed by atoms with Crippen molar-refractivity contribution in [2.24, 2.45) is 5.92 Å². The highest BCUT2D eigenvalue weighted by Gasteiger charge is 1.95. The van der Waals surface area contributed by atoms with Crippen molar-refractivity contribution in [3.05, 3.63) is 36.2 Å². The van der Waals surface area contributed by atoms with Crippen molar-refractivity contribution in [3.8, 4) is 0 Å². The summed E-state index contributed by atoms with van der Waals surface area (Å²) in [6, 6.07) is 3.76. The molecule has 0 fully saturated rings. The van der Waals surface area contributed by atoms with Gasteiger partial charge in [-0.05, 0) is 12.0 Å². The predicted octanol–water partition coefficient (Wildman–Crippen LogP) is 1.88. The van der Waals surface area contributed by atoms with Crippen LogP contribution in [0.5, 0.6) is 0 Å². The standard InChI is InChI=1S/C10H14NO/c1-9(2)5-6-10-4-3-7-11(12)8-10/h3-9,12H,1-2H3/q+1/b6-5+. The third kappa shape index (κ3) is 2.74. The number of nitrogens with zero attached hydrogens (tertiary/aromatic N) is 1. The Kier molecular flexibility index (Phi) is 2.86. The van der Waals surface area contributed by atoms with Crippen LogP contribution < -0.4 is 4.73 Å². The van der Waals surface area contributed by atoms with E-state index in [1.54, 1.807) is 18.5 Å². The Morgan fingerprint density at radius 2 is 2.25 bits per heavy atom. The first kappa shape index (κ1) is 8.78. The van der Waals surface area contributed by atoms with E-state index in [0.29, 0.717) is 5.92 Å². The monoisotopic (exact) mass is 164 g/mol. The van der Waals surface area contributed by atoms with Gasteiger partial charge in [-0.15, -0.1) is 0 Å². The lowest BCUT2D eigenvalue weighted by atomic mass is 10.1. The first-order valence-electron chi connectivity index (χ1n) is 4.07. The van der Waals surface area contributed by atoms with Crippen molar-refractivity contribution < 1.29 is 9.94 Å². The molecule has 0 saturated carbocycles. The van der Waals surface area contributed by atoms with E-state index in [2.05, 4.69) is 19.9 Å². The molecule has 1 aromatic rings. The van der Waals surface area contributed by atoms with Crippen LogP contribution in [0.25, 0.3) is 6.08 Å². The van der Waals surface area contributed by atoms with Gasteiger partial charge in [0.25, 0.3) is 0 Å². The van der Waals surface area contributed by atoms with Crippen molar-refractivity contribution in [2.75, 3.05) is 0 Å². The molecule has 0 aromatic carbocycles. The fraction of sp³-hybridized carbons (Fsp3) is 0.300. The topological polar surface area (TPSA) is 24.1 Å². The lowest BCUT2D eigenvalue weighted by Crippen LogP contribution is -2.28. The third-order valence-electron chi connectivity index (χ3n) is 1.48. The minimum atomic E-state index is 0.539. The molecule has 1 heterocycles. The van der Waals surface area contributed by atoms with Gasteiger partial charge in [-0.1, -0.05) is 26.0 Å². The molecule has 12 heavy (non-hydrogen) atoms. The Labute approximate surface area is 72.7 Å². The average Bonchev–Trinajstić information content (AvgIpc) is 2.01. The quantitative estimate of drug-likeness (QED) is 0.523. The fourth-order valence-electron chi connectivity index (χ4n) is 0.883. The Morgan fingerprint density at radius 3 is 2.83 bits per heavy atom. The maximum atomic E-state index is 9.06. The highest BCUT2D eigenvalue weighted by Crippen LogP contribution is 2.01. The summed E-state index contributed by atoms with van der Waals surface area (Å²) < 4.78 is 1.06. The molecule has 0 atom stereocenters. The van der Waals surface area contributed by atoms with Crippen LogP contribution in [0.4, 0.5) is 0 Å². The van der Waals surface area contributed by atoms with E-state index < -0.39 is 0 Å². The summed E-state index contributed by atoms with van der Waals surface area (Å²) in [4.78, 5) is 0. The van der Waals surface area contributed by atoms with Gasteiger partial charge >= 0.3 is 0 Å². The van der Waals surface area contributed by atoms with Gasteiger partial charge in [0.15, 0.2) is 0 Å². The van der Waals surface area contributed by atoms with Crippen LogP contribution in [-0.4, -0.2) is 5.21 Å². The molecule has 0 aliphatic heterocycles. The fourth-order valence-corrected chi connectivity index (χ4v) is 0.883. The first-order chi connectivity index (χ1) is 5.68. The van der Waals surface area contributed by atoms with Gasteiger partial charge in [-0.2, -0.15) is 0 Å². The second-order valence-corrected chi connectivity index (χ2v) is 3.12. The molecule has 1 N–H and O–H groups in total. The molecule has 0 bridgehead atoms. The Hall–Kier alpha value is -1.31. The zero-order chi connectivity index (χ0) is 8.97. The van der Waals surface area contributed by atoms with E-state index in [9.17, 15) is 0 Å². The zero-order valence-electron chi connectivity index (χ0n) is 7.44. The molecule has 64 valence electrons. The van der Waals surface area contributed by atoms with Crippen molar-refractivity contribution in [1.29, 1.82) is 0 Å². The molecule has 0 aliphatic carbocycles. The molecule has 0 radical (unpaired) electrons. The van der Waals surface area contributed by atoms with Crippen molar-refractivity contribution in [1.82, 2.24) is 0 Å². The second-order valence-electron chi connectivity index (χ2n) is 3.12. The zero-order valence-corrected chi connectivity index (χ0v) is 7.44.